The van der Waals surface area contributed by atoms with Crippen molar-refractivity contribution >= 4 is 29.7 Å². The van der Waals surface area contributed by atoms with E-state index in [2.05, 4.69) is 72.4 Å². The van der Waals surface area contributed by atoms with Crippen LogP contribution >= 0.6 is 17.9 Å². The van der Waals surface area contributed by atoms with Crippen LogP contribution < -0.4 is 0 Å². The Labute approximate surface area is 139 Å². The van der Waals surface area contributed by atoms with Gasteiger partial charge in [0.05, 0.1) is 21.1 Å². The maximum absolute atomic E-state index is 9.88. The van der Waals surface area contributed by atoms with Crippen molar-refractivity contribution in [2.24, 2.45) is 0 Å². The van der Waals surface area contributed by atoms with E-state index in [9.17, 15) is 4.89 Å². The molecule has 0 saturated heterocycles. The van der Waals surface area contributed by atoms with Crippen LogP contribution in [-0.2, 0) is 16.3 Å². The normalized spacial score (nSPS) is 16.8. The molecule has 6 heteroatoms. The smallest absolute Gasteiger partial charge is 0.242 e. The highest BCUT2D eigenvalue weighted by Gasteiger charge is 2.27. The molecule has 1 aromatic carbocycles. The second-order valence-electron chi connectivity index (χ2n) is 6.83. The quantitative estimate of drug-likeness (QED) is 0.462. The average molecular weight is 348 g/mol. The van der Waals surface area contributed by atoms with E-state index in [1.807, 2.05) is 0 Å². The van der Waals surface area contributed by atoms with Crippen molar-refractivity contribution < 1.29 is 13.9 Å². The second-order valence-corrected chi connectivity index (χ2v) is 11.9. The van der Waals surface area contributed by atoms with Gasteiger partial charge >= 0.3 is 0 Å². The third-order valence-corrected chi connectivity index (χ3v) is 4.37. The van der Waals surface area contributed by atoms with E-state index in [0.717, 1.165) is 22.2 Å². The summed E-state index contributed by atoms with van der Waals surface area (Å²) in [6.07, 6.45) is -0.253. The molecule has 0 heterocycles. The molecule has 0 saturated carbocycles. The standard InChI is InChI=1S/C15H26NO2PS2/c1-11(2)13-8-7-12(3)14(9-13)15(10-16(4,5)6)18-19(17,20)21/h7-9,11,15H,10H2,1-6H3,(H-,17,20,21)/p+1. The van der Waals surface area contributed by atoms with Gasteiger partial charge < -0.3 is 13.9 Å². The first kappa shape index (κ1) is 19.1. The van der Waals surface area contributed by atoms with Gasteiger partial charge in [-0.3, -0.25) is 0 Å². The molecule has 1 rings (SSSR count). The molecule has 0 spiro atoms. The Balaban J connectivity index is 3.24. The summed E-state index contributed by atoms with van der Waals surface area (Å²) in [5.41, 5.74) is 0.483. The molecule has 0 fully saturated rings. The highest BCUT2D eigenvalue weighted by molar-refractivity contribution is 8.59. The number of hydrogen-bond acceptors (Lipinski definition) is 2. The number of benzene rings is 1. The molecule has 0 aliphatic carbocycles. The lowest BCUT2D eigenvalue weighted by Crippen LogP contribution is -2.39. The van der Waals surface area contributed by atoms with E-state index in [1.165, 1.54) is 5.56 Å². The van der Waals surface area contributed by atoms with E-state index in [1.54, 1.807) is 0 Å². The largest absolute Gasteiger partial charge is 0.338 e. The molecule has 0 aromatic heterocycles. The lowest BCUT2D eigenvalue weighted by Gasteiger charge is -2.31. The number of aryl methyl sites for hydroxylation is 1. The summed E-state index contributed by atoms with van der Waals surface area (Å²) in [7, 11) is 6.28. The second kappa shape index (κ2) is 7.12. The summed E-state index contributed by atoms with van der Waals surface area (Å²) < 4.78 is 6.47. The molecule has 2 unspecified atom stereocenters. The van der Waals surface area contributed by atoms with Gasteiger partial charge in [0.2, 0.25) is 5.69 Å². The first-order valence-corrected chi connectivity index (χ1v) is 10.9. The van der Waals surface area contributed by atoms with Crippen LogP contribution in [0.1, 0.15) is 42.6 Å². The topological polar surface area (TPSA) is 29.5 Å². The van der Waals surface area contributed by atoms with Crippen LogP contribution in [0.5, 0.6) is 0 Å². The highest BCUT2D eigenvalue weighted by Crippen LogP contribution is 2.52. The van der Waals surface area contributed by atoms with Gasteiger partial charge in [-0.05, 0) is 41.3 Å². The first-order chi connectivity index (χ1) is 9.39. The van der Waals surface area contributed by atoms with Crippen molar-refractivity contribution in [1.82, 2.24) is 0 Å². The predicted molar refractivity (Wildman–Crippen MR) is 97.5 cm³/mol. The van der Waals surface area contributed by atoms with Crippen molar-refractivity contribution in [2.45, 2.75) is 32.8 Å². The predicted octanol–water partition coefficient (Wildman–Crippen LogP) is 4.03. The number of quaternary nitrogens is 1. The number of thiol groups is 1. The SMILES string of the molecule is Cc1ccc(C(C)C)cc1C(C[N+](C)(C)C)OP(O)(=S)S. The molecule has 2 atom stereocenters. The summed E-state index contributed by atoms with van der Waals surface area (Å²) in [6, 6.07) is 6.41. The summed E-state index contributed by atoms with van der Waals surface area (Å²) in [6.45, 7) is 7.12. The minimum Gasteiger partial charge on any atom is -0.338 e. The molecule has 21 heavy (non-hydrogen) atoms. The van der Waals surface area contributed by atoms with Crippen LogP contribution in [0, 0.1) is 6.92 Å². The summed E-state index contributed by atoms with van der Waals surface area (Å²) >= 11 is 9.03. The number of likely N-dealkylation sites (N-methyl/N-ethyl adjacent to an activating group) is 1. The molecule has 0 aliphatic heterocycles. The zero-order chi connectivity index (χ0) is 16.4. The minimum absolute atomic E-state index is 0.253. The Bertz CT molecular complexity index is 535. The van der Waals surface area contributed by atoms with Crippen molar-refractivity contribution in [1.29, 1.82) is 0 Å². The minimum atomic E-state index is -3.01. The van der Waals surface area contributed by atoms with E-state index in [4.69, 9.17) is 16.3 Å². The molecule has 1 aromatic rings. The van der Waals surface area contributed by atoms with E-state index >= 15 is 0 Å². The lowest BCUT2D eigenvalue weighted by atomic mass is 9.95. The van der Waals surface area contributed by atoms with Crippen LogP contribution in [-0.4, -0.2) is 37.1 Å². The summed E-state index contributed by atoms with van der Waals surface area (Å²) in [5, 5.41) is 0. The van der Waals surface area contributed by atoms with Gasteiger partial charge in [-0.15, -0.1) is 0 Å². The van der Waals surface area contributed by atoms with Crippen molar-refractivity contribution in [2.75, 3.05) is 27.7 Å². The number of hydrogen-bond donors (Lipinski definition) is 2. The van der Waals surface area contributed by atoms with Gasteiger partial charge in [0.25, 0.3) is 0 Å². The van der Waals surface area contributed by atoms with Crippen LogP contribution in [0.4, 0.5) is 0 Å². The molecule has 0 aliphatic rings. The molecule has 0 bridgehead atoms. The van der Waals surface area contributed by atoms with E-state index in [0.29, 0.717) is 5.92 Å². The third-order valence-electron chi connectivity index (χ3n) is 3.29. The Hall–Kier alpha value is 0.1000. The van der Waals surface area contributed by atoms with Crippen LogP contribution in [0.15, 0.2) is 18.2 Å². The lowest BCUT2D eigenvalue weighted by molar-refractivity contribution is -0.873. The average Bonchev–Trinajstić information content (AvgIpc) is 2.24. The zero-order valence-electron chi connectivity index (χ0n) is 13.7. The van der Waals surface area contributed by atoms with Gasteiger partial charge in [0.1, 0.15) is 12.6 Å². The zero-order valence-corrected chi connectivity index (χ0v) is 16.3. The Morgan fingerprint density at radius 1 is 1.33 bits per heavy atom. The molecule has 0 amide bonds. The Morgan fingerprint density at radius 2 is 1.90 bits per heavy atom. The Kier molecular flexibility index (Phi) is 6.49. The molecular formula is C15H27NO2PS2+. The van der Waals surface area contributed by atoms with Crippen molar-refractivity contribution in [3.63, 3.8) is 0 Å². The van der Waals surface area contributed by atoms with Crippen molar-refractivity contribution in [3.05, 3.63) is 34.9 Å². The van der Waals surface area contributed by atoms with Crippen LogP contribution in [0.3, 0.4) is 0 Å². The fourth-order valence-electron chi connectivity index (χ4n) is 2.22. The number of nitrogens with zero attached hydrogens (tertiary/aromatic N) is 1. The van der Waals surface area contributed by atoms with Gasteiger partial charge in [-0.1, -0.05) is 44.3 Å². The monoisotopic (exact) mass is 348 g/mol. The first-order valence-electron chi connectivity index (χ1n) is 7.04. The van der Waals surface area contributed by atoms with Crippen LogP contribution in [0.25, 0.3) is 0 Å². The fourth-order valence-corrected chi connectivity index (χ4v) is 3.38. The molecule has 120 valence electrons. The van der Waals surface area contributed by atoms with Gasteiger partial charge in [0, 0.05) is 0 Å². The van der Waals surface area contributed by atoms with Crippen LogP contribution in [0.2, 0.25) is 0 Å². The fraction of sp³-hybridized carbons (Fsp3) is 0.600. The van der Waals surface area contributed by atoms with Gasteiger partial charge in [-0.25, -0.2) is 0 Å². The van der Waals surface area contributed by atoms with E-state index in [-0.39, 0.29) is 6.10 Å². The maximum atomic E-state index is 9.88. The van der Waals surface area contributed by atoms with Gasteiger partial charge in [-0.2, -0.15) is 0 Å². The third kappa shape index (κ3) is 6.81. The Morgan fingerprint density at radius 3 is 2.33 bits per heavy atom. The molecular weight excluding hydrogens is 321 g/mol. The molecule has 0 radical (unpaired) electrons. The highest BCUT2D eigenvalue weighted by atomic mass is 32.9. The van der Waals surface area contributed by atoms with Gasteiger partial charge in [0.15, 0.2) is 0 Å². The molecule has 1 N–H and O–H groups in total. The number of rotatable bonds is 6. The van der Waals surface area contributed by atoms with E-state index < -0.39 is 5.69 Å². The van der Waals surface area contributed by atoms with Crippen molar-refractivity contribution in [3.8, 4) is 0 Å². The summed E-state index contributed by atoms with van der Waals surface area (Å²) in [4.78, 5) is 9.88. The molecule has 3 nitrogen and oxygen atoms in total. The summed E-state index contributed by atoms with van der Waals surface area (Å²) in [5.74, 6) is 0.447. The maximum Gasteiger partial charge on any atom is 0.242 e.